The monoisotopic (exact) mass is 340 g/mol. The molecule has 0 aromatic heterocycles. The van der Waals surface area contributed by atoms with Crippen LogP contribution in [0.15, 0.2) is 30.3 Å². The summed E-state index contributed by atoms with van der Waals surface area (Å²) in [4.78, 5) is 0. The zero-order valence-corrected chi connectivity index (χ0v) is 12.6. The SMILES string of the molecule is FC(F)(F)c1cc(OC[C@H]2CO2)cc2cccc(OC[C@H]3CO3)c12. The van der Waals surface area contributed by atoms with E-state index in [1.165, 1.54) is 0 Å². The Morgan fingerprint density at radius 1 is 1.00 bits per heavy atom. The number of rotatable bonds is 6. The molecule has 2 aromatic rings. The summed E-state index contributed by atoms with van der Waals surface area (Å²) in [5.41, 5.74) is -0.765. The lowest BCUT2D eigenvalue weighted by Gasteiger charge is -2.16. The standard InChI is InChI=1S/C17H15F3O4/c18-17(19,20)14-5-11(21-6-12-7-22-12)4-10-2-1-3-15(16(10)14)24-9-13-8-23-13/h1-5,12-13H,6-9H2/t12-,13+/m0/s1. The van der Waals surface area contributed by atoms with Crippen LogP contribution in [0.25, 0.3) is 10.8 Å². The molecule has 7 heteroatoms. The van der Waals surface area contributed by atoms with Gasteiger partial charge in [0.2, 0.25) is 0 Å². The highest BCUT2D eigenvalue weighted by atomic mass is 19.4. The van der Waals surface area contributed by atoms with E-state index in [1.54, 1.807) is 24.3 Å². The second kappa shape index (κ2) is 5.82. The Kier molecular flexibility index (Phi) is 3.77. The van der Waals surface area contributed by atoms with E-state index in [0.29, 0.717) is 18.6 Å². The van der Waals surface area contributed by atoms with E-state index in [-0.39, 0.29) is 42.3 Å². The van der Waals surface area contributed by atoms with Crippen LogP contribution in [0.1, 0.15) is 5.56 Å². The quantitative estimate of drug-likeness (QED) is 0.756. The van der Waals surface area contributed by atoms with Crippen LogP contribution in [0.2, 0.25) is 0 Å². The third-order valence-electron chi connectivity index (χ3n) is 3.88. The molecule has 2 saturated heterocycles. The lowest BCUT2D eigenvalue weighted by Crippen LogP contribution is -2.10. The lowest BCUT2D eigenvalue weighted by molar-refractivity contribution is -0.136. The maximum Gasteiger partial charge on any atom is 0.417 e. The van der Waals surface area contributed by atoms with E-state index in [4.69, 9.17) is 18.9 Å². The van der Waals surface area contributed by atoms with Gasteiger partial charge >= 0.3 is 6.18 Å². The van der Waals surface area contributed by atoms with E-state index in [2.05, 4.69) is 0 Å². The van der Waals surface area contributed by atoms with Crippen molar-refractivity contribution in [2.24, 2.45) is 0 Å². The van der Waals surface area contributed by atoms with Crippen molar-refractivity contribution in [3.8, 4) is 11.5 Å². The van der Waals surface area contributed by atoms with Gasteiger partial charge in [-0.2, -0.15) is 13.2 Å². The third kappa shape index (κ3) is 3.42. The van der Waals surface area contributed by atoms with Gasteiger partial charge in [-0.15, -0.1) is 0 Å². The molecule has 0 N–H and O–H groups in total. The van der Waals surface area contributed by atoms with E-state index < -0.39 is 11.7 Å². The first-order chi connectivity index (χ1) is 11.5. The van der Waals surface area contributed by atoms with E-state index >= 15 is 0 Å². The zero-order valence-electron chi connectivity index (χ0n) is 12.6. The fraction of sp³-hybridized carbons (Fsp3) is 0.412. The minimum Gasteiger partial charge on any atom is -0.491 e. The predicted molar refractivity (Wildman–Crippen MR) is 79.4 cm³/mol. The molecule has 0 unspecified atom stereocenters. The number of halogens is 3. The maximum atomic E-state index is 13.5. The van der Waals surface area contributed by atoms with Crippen LogP contribution in [0, 0.1) is 0 Å². The number of hydrogen-bond donors (Lipinski definition) is 0. The van der Waals surface area contributed by atoms with Gasteiger partial charge < -0.3 is 18.9 Å². The van der Waals surface area contributed by atoms with Gasteiger partial charge in [0.25, 0.3) is 0 Å². The highest BCUT2D eigenvalue weighted by molar-refractivity contribution is 5.93. The number of benzene rings is 2. The second-order valence-corrected chi connectivity index (χ2v) is 5.86. The van der Waals surface area contributed by atoms with Crippen LogP contribution in [0.4, 0.5) is 13.2 Å². The molecular weight excluding hydrogens is 325 g/mol. The van der Waals surface area contributed by atoms with Gasteiger partial charge in [0.05, 0.1) is 18.8 Å². The Hall–Kier alpha value is -1.99. The van der Waals surface area contributed by atoms with Gasteiger partial charge in [0, 0.05) is 5.39 Å². The van der Waals surface area contributed by atoms with E-state index in [9.17, 15) is 13.2 Å². The second-order valence-electron chi connectivity index (χ2n) is 5.86. The first-order valence-corrected chi connectivity index (χ1v) is 7.63. The minimum atomic E-state index is -4.51. The molecular formula is C17H15F3O4. The molecule has 0 aliphatic carbocycles. The van der Waals surface area contributed by atoms with Gasteiger partial charge in [-0.3, -0.25) is 0 Å². The molecule has 0 bridgehead atoms. The third-order valence-corrected chi connectivity index (χ3v) is 3.88. The van der Waals surface area contributed by atoms with Crippen LogP contribution >= 0.6 is 0 Å². The maximum absolute atomic E-state index is 13.5. The molecule has 0 amide bonds. The smallest absolute Gasteiger partial charge is 0.417 e. The minimum absolute atomic E-state index is 0.0248. The topological polar surface area (TPSA) is 43.5 Å². The molecule has 4 nitrogen and oxygen atoms in total. The van der Waals surface area contributed by atoms with Gasteiger partial charge in [-0.25, -0.2) is 0 Å². The highest BCUT2D eigenvalue weighted by Gasteiger charge is 2.35. The van der Waals surface area contributed by atoms with Gasteiger partial charge in [-0.05, 0) is 23.6 Å². The van der Waals surface area contributed by atoms with Gasteiger partial charge in [0.15, 0.2) is 0 Å². The number of fused-ring (bicyclic) bond motifs is 1. The zero-order chi connectivity index (χ0) is 16.7. The molecule has 0 radical (unpaired) electrons. The summed E-state index contributed by atoms with van der Waals surface area (Å²) >= 11 is 0. The molecule has 0 spiro atoms. The summed E-state index contributed by atoms with van der Waals surface area (Å²) < 4.78 is 61.7. The molecule has 2 atom stereocenters. The summed E-state index contributed by atoms with van der Waals surface area (Å²) in [5, 5.41) is 0.464. The largest absolute Gasteiger partial charge is 0.491 e. The summed E-state index contributed by atoms with van der Waals surface area (Å²) in [5.74, 6) is 0.375. The Labute approximate surface area is 136 Å². The Balaban J connectivity index is 1.73. The molecule has 128 valence electrons. The molecule has 24 heavy (non-hydrogen) atoms. The van der Waals surface area contributed by atoms with Crippen LogP contribution in [-0.4, -0.2) is 38.6 Å². The van der Waals surface area contributed by atoms with Crippen molar-refractivity contribution in [2.75, 3.05) is 26.4 Å². The van der Waals surface area contributed by atoms with Crippen molar-refractivity contribution in [3.05, 3.63) is 35.9 Å². The lowest BCUT2D eigenvalue weighted by atomic mass is 10.0. The van der Waals surface area contributed by atoms with Crippen molar-refractivity contribution in [1.29, 1.82) is 0 Å². The summed E-state index contributed by atoms with van der Waals surface area (Å²) in [7, 11) is 0. The first kappa shape index (κ1) is 15.5. The first-order valence-electron chi connectivity index (χ1n) is 7.63. The Morgan fingerprint density at radius 2 is 1.67 bits per heavy atom. The molecule has 2 fully saturated rings. The number of ether oxygens (including phenoxy) is 4. The molecule has 2 aliphatic heterocycles. The Bertz CT molecular complexity index is 751. The highest BCUT2D eigenvalue weighted by Crippen LogP contribution is 2.41. The van der Waals surface area contributed by atoms with E-state index in [1.807, 2.05) is 0 Å². The van der Waals surface area contributed by atoms with Gasteiger partial charge in [0.1, 0.15) is 36.9 Å². The fourth-order valence-electron chi connectivity index (χ4n) is 2.49. The van der Waals surface area contributed by atoms with Crippen LogP contribution in [-0.2, 0) is 15.7 Å². The van der Waals surface area contributed by atoms with Crippen molar-refractivity contribution in [2.45, 2.75) is 18.4 Å². The van der Waals surface area contributed by atoms with Crippen molar-refractivity contribution in [1.82, 2.24) is 0 Å². The number of epoxide rings is 2. The summed E-state index contributed by atoms with van der Waals surface area (Å²) in [6.45, 7) is 1.66. The van der Waals surface area contributed by atoms with Gasteiger partial charge in [-0.1, -0.05) is 12.1 Å². The summed E-state index contributed by atoms with van der Waals surface area (Å²) in [6, 6.07) is 7.43. The normalized spacial score (nSPS) is 22.5. The average molecular weight is 340 g/mol. The predicted octanol–water partition coefficient (Wildman–Crippen LogP) is 3.41. The average Bonchev–Trinajstić information content (AvgIpc) is 3.44. The molecule has 0 saturated carbocycles. The molecule has 4 rings (SSSR count). The fourth-order valence-corrected chi connectivity index (χ4v) is 2.49. The number of hydrogen-bond acceptors (Lipinski definition) is 4. The van der Waals surface area contributed by atoms with Crippen molar-refractivity contribution in [3.63, 3.8) is 0 Å². The number of alkyl halides is 3. The van der Waals surface area contributed by atoms with E-state index in [0.717, 1.165) is 6.07 Å². The molecule has 2 aliphatic rings. The molecule has 2 heterocycles. The van der Waals surface area contributed by atoms with Crippen molar-refractivity contribution < 1.29 is 32.1 Å². The molecule has 2 aromatic carbocycles. The van der Waals surface area contributed by atoms with Crippen LogP contribution in [0.5, 0.6) is 11.5 Å². The summed E-state index contributed by atoms with van der Waals surface area (Å²) in [6.07, 6.45) is -4.57. The van der Waals surface area contributed by atoms with Crippen LogP contribution in [0.3, 0.4) is 0 Å². The Morgan fingerprint density at radius 3 is 2.29 bits per heavy atom. The van der Waals surface area contributed by atoms with Crippen LogP contribution < -0.4 is 9.47 Å². The van der Waals surface area contributed by atoms with Crippen molar-refractivity contribution >= 4 is 10.8 Å².